The quantitative estimate of drug-likeness (QED) is 0.686. The number of hydrogen-bond donors (Lipinski definition) is 0. The molecule has 0 N–H and O–H groups in total. The minimum atomic E-state index is -0.495. The fourth-order valence-corrected chi connectivity index (χ4v) is 1.78. The number of esters is 1. The van der Waals surface area contributed by atoms with Gasteiger partial charge in [-0.25, -0.2) is 4.79 Å². The molecule has 23 heavy (non-hydrogen) atoms. The van der Waals surface area contributed by atoms with Gasteiger partial charge in [0.2, 0.25) is 0 Å². The van der Waals surface area contributed by atoms with Crippen LogP contribution in [0.3, 0.4) is 0 Å². The zero-order valence-corrected chi connectivity index (χ0v) is 14.5. The minimum Gasteiger partial charge on any atom is -0.463 e. The molecular weight excluding hydrogens is 294 g/mol. The van der Waals surface area contributed by atoms with E-state index in [-0.39, 0.29) is 19.2 Å². The molecule has 0 bridgehead atoms. The second kappa shape index (κ2) is 9.18. The molecule has 5 nitrogen and oxygen atoms in total. The number of carbonyl (C=O) groups excluding carboxylic acids is 2. The third kappa shape index (κ3) is 6.30. The predicted octanol–water partition coefficient (Wildman–Crippen LogP) is 3.62. The zero-order chi connectivity index (χ0) is 17.3. The Morgan fingerprint density at radius 2 is 1.74 bits per heavy atom. The Kier molecular flexibility index (Phi) is 7.59. The van der Waals surface area contributed by atoms with Crippen LogP contribution in [0.25, 0.3) is 0 Å². The van der Waals surface area contributed by atoms with Crippen molar-refractivity contribution in [2.24, 2.45) is 5.41 Å². The topological polar surface area (TPSA) is 55.8 Å². The average Bonchev–Trinajstić information content (AvgIpc) is 2.57. The molecule has 1 aromatic rings. The van der Waals surface area contributed by atoms with Gasteiger partial charge in [0.15, 0.2) is 0 Å². The van der Waals surface area contributed by atoms with Gasteiger partial charge in [-0.15, -0.1) is 0 Å². The zero-order valence-electron chi connectivity index (χ0n) is 14.5. The molecule has 0 radical (unpaired) electrons. The predicted molar refractivity (Wildman–Crippen MR) is 88.9 cm³/mol. The number of carbonyl (C=O) groups is 2. The molecule has 0 saturated carbocycles. The lowest BCUT2D eigenvalue weighted by atomic mass is 9.91. The monoisotopic (exact) mass is 321 g/mol. The molecule has 1 aromatic carbocycles. The number of amides is 1. The summed E-state index contributed by atoms with van der Waals surface area (Å²) in [7, 11) is 0. The third-order valence-electron chi connectivity index (χ3n) is 3.88. The third-order valence-corrected chi connectivity index (χ3v) is 3.88. The molecule has 0 saturated heterocycles. The van der Waals surface area contributed by atoms with Crippen molar-refractivity contribution in [3.63, 3.8) is 0 Å². The molecule has 0 aromatic heterocycles. The van der Waals surface area contributed by atoms with E-state index in [0.29, 0.717) is 19.5 Å². The summed E-state index contributed by atoms with van der Waals surface area (Å²) in [4.78, 5) is 25.5. The molecule has 5 heteroatoms. The van der Waals surface area contributed by atoms with E-state index in [0.717, 1.165) is 5.56 Å². The summed E-state index contributed by atoms with van der Waals surface area (Å²) >= 11 is 0. The Morgan fingerprint density at radius 1 is 1.09 bits per heavy atom. The van der Waals surface area contributed by atoms with Crippen LogP contribution in [0.4, 0.5) is 4.79 Å². The number of hydrogen-bond acceptors (Lipinski definition) is 4. The summed E-state index contributed by atoms with van der Waals surface area (Å²) in [6, 6.07) is 9.51. The van der Waals surface area contributed by atoms with Crippen molar-refractivity contribution in [3.8, 4) is 0 Å². The van der Waals surface area contributed by atoms with Crippen LogP contribution in [0.1, 0.15) is 39.7 Å². The van der Waals surface area contributed by atoms with Crippen LogP contribution in [0.5, 0.6) is 0 Å². The fourth-order valence-electron chi connectivity index (χ4n) is 1.78. The first kappa shape index (κ1) is 19.0. The van der Waals surface area contributed by atoms with Crippen molar-refractivity contribution in [1.82, 2.24) is 4.90 Å². The molecule has 0 aliphatic heterocycles. The molecule has 0 unspecified atom stereocenters. The average molecular weight is 321 g/mol. The first-order chi connectivity index (χ1) is 10.9. The number of likely N-dealkylation sites (N-methyl/N-ethyl adjacent to an activating group) is 1. The van der Waals surface area contributed by atoms with Gasteiger partial charge in [-0.3, -0.25) is 4.79 Å². The van der Waals surface area contributed by atoms with Gasteiger partial charge >= 0.3 is 12.1 Å². The summed E-state index contributed by atoms with van der Waals surface area (Å²) in [6.07, 6.45) is 0.310. The second-order valence-corrected chi connectivity index (χ2v) is 5.99. The Morgan fingerprint density at radius 3 is 2.30 bits per heavy atom. The highest BCUT2D eigenvalue weighted by Gasteiger charge is 2.27. The molecule has 0 atom stereocenters. The number of nitrogens with zero attached hydrogens (tertiary/aromatic N) is 1. The van der Waals surface area contributed by atoms with Crippen LogP contribution in [-0.4, -0.2) is 36.7 Å². The largest absolute Gasteiger partial charge is 0.463 e. The van der Waals surface area contributed by atoms with Crippen LogP contribution in [0.2, 0.25) is 0 Å². The highest BCUT2D eigenvalue weighted by atomic mass is 16.6. The Bertz CT molecular complexity index is 499. The van der Waals surface area contributed by atoms with E-state index >= 15 is 0 Å². The number of ether oxygens (including phenoxy) is 2. The van der Waals surface area contributed by atoms with Gasteiger partial charge in [-0.2, -0.15) is 0 Å². The molecule has 0 aliphatic rings. The van der Waals surface area contributed by atoms with Crippen molar-refractivity contribution in [2.75, 3.05) is 19.7 Å². The minimum absolute atomic E-state index is 0.177. The molecule has 0 spiro atoms. The van der Waals surface area contributed by atoms with Gasteiger partial charge in [0.25, 0.3) is 0 Å². The normalized spacial score (nSPS) is 11.0. The van der Waals surface area contributed by atoms with Crippen LogP contribution >= 0.6 is 0 Å². The van der Waals surface area contributed by atoms with E-state index in [4.69, 9.17) is 9.47 Å². The van der Waals surface area contributed by atoms with E-state index in [9.17, 15) is 9.59 Å². The lowest BCUT2D eigenvalue weighted by Crippen LogP contribution is -2.36. The maximum atomic E-state index is 12.0. The van der Waals surface area contributed by atoms with Crippen molar-refractivity contribution < 1.29 is 19.1 Å². The number of rotatable bonds is 8. The van der Waals surface area contributed by atoms with Gasteiger partial charge in [0, 0.05) is 6.54 Å². The standard InChI is InChI=1S/C18H27NO4/c1-5-18(3,4)16(20)22-13-12-19(6-2)17(21)23-14-15-10-8-7-9-11-15/h7-11H,5-6,12-14H2,1-4H3. The van der Waals surface area contributed by atoms with Crippen LogP contribution in [0, 0.1) is 5.41 Å². The van der Waals surface area contributed by atoms with E-state index in [1.54, 1.807) is 0 Å². The summed E-state index contributed by atoms with van der Waals surface area (Å²) in [5, 5.41) is 0. The maximum absolute atomic E-state index is 12.0. The van der Waals surface area contributed by atoms with Crippen molar-refractivity contribution in [2.45, 2.75) is 40.7 Å². The molecule has 0 heterocycles. The lowest BCUT2D eigenvalue weighted by molar-refractivity contribution is -0.154. The molecule has 1 amide bonds. The van der Waals surface area contributed by atoms with Crippen molar-refractivity contribution in [1.29, 1.82) is 0 Å². The molecule has 0 fully saturated rings. The Hall–Kier alpha value is -2.04. The first-order valence-corrected chi connectivity index (χ1v) is 8.03. The van der Waals surface area contributed by atoms with E-state index < -0.39 is 11.5 Å². The fraction of sp³-hybridized carbons (Fsp3) is 0.556. The van der Waals surface area contributed by atoms with E-state index in [1.807, 2.05) is 58.0 Å². The van der Waals surface area contributed by atoms with Gasteiger partial charge in [0.1, 0.15) is 13.2 Å². The molecule has 0 aliphatic carbocycles. The highest BCUT2D eigenvalue weighted by molar-refractivity contribution is 5.75. The van der Waals surface area contributed by atoms with Gasteiger partial charge < -0.3 is 14.4 Å². The Labute approximate surface area is 138 Å². The summed E-state index contributed by atoms with van der Waals surface area (Å²) in [5.74, 6) is -0.242. The van der Waals surface area contributed by atoms with Gasteiger partial charge in [-0.05, 0) is 32.8 Å². The SMILES string of the molecule is CCN(CCOC(=O)C(C)(C)CC)C(=O)OCc1ccccc1. The smallest absolute Gasteiger partial charge is 0.410 e. The summed E-state index contributed by atoms with van der Waals surface area (Å²) < 4.78 is 10.5. The van der Waals surface area contributed by atoms with Crippen LogP contribution in [0.15, 0.2) is 30.3 Å². The van der Waals surface area contributed by atoms with Crippen LogP contribution < -0.4 is 0 Å². The summed E-state index contributed by atoms with van der Waals surface area (Å²) in [5.41, 5.74) is 0.443. The molecule has 128 valence electrons. The van der Waals surface area contributed by atoms with Crippen LogP contribution in [-0.2, 0) is 20.9 Å². The summed E-state index contributed by atoms with van der Waals surface area (Å²) in [6.45, 7) is 8.75. The maximum Gasteiger partial charge on any atom is 0.410 e. The highest BCUT2D eigenvalue weighted by Crippen LogP contribution is 2.21. The second-order valence-electron chi connectivity index (χ2n) is 5.99. The van der Waals surface area contributed by atoms with Gasteiger partial charge in [-0.1, -0.05) is 37.3 Å². The number of benzene rings is 1. The van der Waals surface area contributed by atoms with E-state index in [2.05, 4.69) is 0 Å². The Balaban J connectivity index is 2.38. The van der Waals surface area contributed by atoms with Crippen molar-refractivity contribution >= 4 is 12.1 Å². The molecular formula is C18H27NO4. The van der Waals surface area contributed by atoms with E-state index in [1.165, 1.54) is 4.90 Å². The lowest BCUT2D eigenvalue weighted by Gasteiger charge is -2.23. The first-order valence-electron chi connectivity index (χ1n) is 8.03. The molecule has 1 rings (SSSR count). The van der Waals surface area contributed by atoms with Gasteiger partial charge in [0.05, 0.1) is 12.0 Å². The van der Waals surface area contributed by atoms with Crippen molar-refractivity contribution in [3.05, 3.63) is 35.9 Å².